The Morgan fingerprint density at radius 1 is 1.17 bits per heavy atom. The SMILES string of the molecule is CCn1c(OCC(F)(F)F)nnc1[C@@H](C)NS(=O)(=O)c1cccc(C(F)(F)F)c1. The van der Waals surface area contributed by atoms with Gasteiger partial charge in [0.1, 0.15) is 0 Å². The standard InChI is InChI=1S/C15H16F6N4O3S/c1-3-25-12(22-23-13(25)28-8-14(16,17)18)9(2)24-29(26,27)11-6-4-5-10(7-11)15(19,20)21/h4-7,9,24H,3,8H2,1-2H3/t9-/m1/s1. The third-order valence-electron chi connectivity index (χ3n) is 3.62. The third-order valence-corrected chi connectivity index (χ3v) is 5.16. The van der Waals surface area contributed by atoms with Gasteiger partial charge in [0.25, 0.3) is 0 Å². The number of hydrogen-bond acceptors (Lipinski definition) is 5. The molecule has 1 aromatic carbocycles. The first-order valence-electron chi connectivity index (χ1n) is 8.07. The highest BCUT2D eigenvalue weighted by Crippen LogP contribution is 2.31. The Morgan fingerprint density at radius 2 is 1.83 bits per heavy atom. The molecule has 7 nitrogen and oxygen atoms in total. The van der Waals surface area contributed by atoms with Crippen molar-refractivity contribution >= 4 is 10.0 Å². The summed E-state index contributed by atoms with van der Waals surface area (Å²) in [5, 5.41) is 7.10. The van der Waals surface area contributed by atoms with Gasteiger partial charge in [0, 0.05) is 6.54 Å². The molecule has 29 heavy (non-hydrogen) atoms. The zero-order valence-corrected chi connectivity index (χ0v) is 15.9. The monoisotopic (exact) mass is 446 g/mol. The van der Waals surface area contributed by atoms with Gasteiger partial charge >= 0.3 is 18.4 Å². The number of nitrogens with one attached hydrogen (secondary N) is 1. The first-order chi connectivity index (χ1) is 13.2. The number of aromatic nitrogens is 3. The van der Waals surface area contributed by atoms with Crippen molar-refractivity contribution in [2.45, 2.75) is 43.7 Å². The average Bonchev–Trinajstić information content (AvgIpc) is 3.01. The van der Waals surface area contributed by atoms with Crippen LogP contribution in [0.3, 0.4) is 0 Å². The molecule has 1 atom stereocenters. The Balaban J connectivity index is 2.25. The van der Waals surface area contributed by atoms with Crippen LogP contribution in [0.25, 0.3) is 0 Å². The van der Waals surface area contributed by atoms with Crippen molar-refractivity contribution in [3.8, 4) is 6.01 Å². The van der Waals surface area contributed by atoms with E-state index in [0.717, 1.165) is 22.8 Å². The quantitative estimate of drug-likeness (QED) is 0.660. The second-order valence-corrected chi connectivity index (χ2v) is 7.57. The van der Waals surface area contributed by atoms with E-state index in [0.29, 0.717) is 6.07 Å². The van der Waals surface area contributed by atoms with E-state index in [2.05, 4.69) is 19.7 Å². The first kappa shape index (κ1) is 22.9. The van der Waals surface area contributed by atoms with E-state index in [4.69, 9.17) is 0 Å². The van der Waals surface area contributed by atoms with Gasteiger partial charge in [0.2, 0.25) is 10.0 Å². The fourth-order valence-electron chi connectivity index (χ4n) is 2.36. The molecule has 0 amide bonds. The number of rotatable bonds is 7. The Labute approximate surface area is 161 Å². The van der Waals surface area contributed by atoms with Crippen molar-refractivity contribution in [1.82, 2.24) is 19.5 Å². The highest BCUT2D eigenvalue weighted by Gasteiger charge is 2.33. The zero-order valence-electron chi connectivity index (χ0n) is 15.0. The molecule has 14 heteroatoms. The van der Waals surface area contributed by atoms with Gasteiger partial charge in [-0.25, -0.2) is 13.1 Å². The summed E-state index contributed by atoms with van der Waals surface area (Å²) in [6.07, 6.45) is -9.34. The number of alkyl halides is 6. The van der Waals surface area contributed by atoms with Crippen LogP contribution < -0.4 is 9.46 Å². The van der Waals surface area contributed by atoms with Gasteiger partial charge < -0.3 is 4.74 Å². The topological polar surface area (TPSA) is 86.1 Å². The maximum atomic E-state index is 12.8. The molecule has 0 aliphatic heterocycles. The normalized spacial score (nSPS) is 14.1. The number of nitrogens with zero attached hydrogens (tertiary/aromatic N) is 3. The predicted octanol–water partition coefficient (Wildman–Crippen LogP) is 3.30. The molecule has 1 aromatic heterocycles. The molecule has 0 bridgehead atoms. The van der Waals surface area contributed by atoms with Crippen molar-refractivity contribution in [2.24, 2.45) is 0 Å². The zero-order chi connectivity index (χ0) is 22.0. The van der Waals surface area contributed by atoms with Gasteiger partial charge in [-0.15, -0.1) is 5.10 Å². The van der Waals surface area contributed by atoms with Crippen LogP contribution in [0, 0.1) is 0 Å². The number of benzene rings is 1. The first-order valence-corrected chi connectivity index (χ1v) is 9.55. The molecule has 0 saturated heterocycles. The minimum atomic E-state index is -4.73. The number of sulfonamides is 1. The second kappa shape index (κ2) is 8.18. The highest BCUT2D eigenvalue weighted by molar-refractivity contribution is 7.89. The average molecular weight is 446 g/mol. The van der Waals surface area contributed by atoms with E-state index in [1.807, 2.05) is 0 Å². The van der Waals surface area contributed by atoms with E-state index in [1.165, 1.54) is 6.92 Å². The van der Waals surface area contributed by atoms with E-state index in [-0.39, 0.29) is 12.4 Å². The van der Waals surface area contributed by atoms with Crippen molar-refractivity contribution in [3.63, 3.8) is 0 Å². The summed E-state index contributed by atoms with van der Waals surface area (Å²) in [6, 6.07) is 1.53. The summed E-state index contributed by atoms with van der Waals surface area (Å²) in [5.74, 6) is -0.0692. The minimum absolute atomic E-state index is 0.0607. The smallest absolute Gasteiger partial charge is 0.422 e. The van der Waals surface area contributed by atoms with Crippen LogP contribution >= 0.6 is 0 Å². The van der Waals surface area contributed by atoms with Crippen LogP contribution in [0.1, 0.15) is 31.3 Å². The van der Waals surface area contributed by atoms with E-state index < -0.39 is 51.5 Å². The number of ether oxygens (including phenoxy) is 1. The summed E-state index contributed by atoms with van der Waals surface area (Å²) in [6.45, 7) is 1.30. The molecule has 1 N–H and O–H groups in total. The highest BCUT2D eigenvalue weighted by atomic mass is 32.2. The van der Waals surface area contributed by atoms with Gasteiger partial charge in [-0.3, -0.25) is 4.57 Å². The lowest BCUT2D eigenvalue weighted by atomic mass is 10.2. The lowest BCUT2D eigenvalue weighted by Gasteiger charge is -2.16. The Morgan fingerprint density at radius 3 is 2.38 bits per heavy atom. The molecule has 1 heterocycles. The molecule has 0 saturated carbocycles. The molecule has 2 aromatic rings. The van der Waals surface area contributed by atoms with E-state index in [1.54, 1.807) is 6.92 Å². The van der Waals surface area contributed by atoms with Crippen LogP contribution in [0.2, 0.25) is 0 Å². The summed E-state index contributed by atoms with van der Waals surface area (Å²) in [5.41, 5.74) is -1.15. The number of hydrogen-bond donors (Lipinski definition) is 1. The summed E-state index contributed by atoms with van der Waals surface area (Å²) >= 11 is 0. The predicted molar refractivity (Wildman–Crippen MR) is 87.4 cm³/mol. The lowest BCUT2D eigenvalue weighted by molar-refractivity contribution is -0.155. The van der Waals surface area contributed by atoms with Crippen molar-refractivity contribution in [2.75, 3.05) is 6.61 Å². The molecule has 0 aliphatic rings. The van der Waals surface area contributed by atoms with Gasteiger partial charge in [-0.05, 0) is 32.0 Å². The van der Waals surface area contributed by atoms with Gasteiger partial charge in [-0.2, -0.15) is 26.3 Å². The molecule has 2 rings (SSSR count). The molecular formula is C15H16F6N4O3S. The lowest BCUT2D eigenvalue weighted by Crippen LogP contribution is -2.29. The van der Waals surface area contributed by atoms with Crippen LogP contribution in [-0.2, 0) is 22.7 Å². The van der Waals surface area contributed by atoms with Crippen molar-refractivity contribution in [1.29, 1.82) is 0 Å². The molecule has 0 radical (unpaired) electrons. The Hall–Kier alpha value is -2.35. The van der Waals surface area contributed by atoms with Gasteiger partial charge in [0.15, 0.2) is 12.4 Å². The summed E-state index contributed by atoms with van der Waals surface area (Å²) < 4.78 is 108. The summed E-state index contributed by atoms with van der Waals surface area (Å²) in [7, 11) is -4.39. The molecule has 0 unspecified atom stereocenters. The largest absolute Gasteiger partial charge is 0.454 e. The third kappa shape index (κ3) is 5.82. The Kier molecular flexibility index (Phi) is 6.47. The van der Waals surface area contributed by atoms with Crippen LogP contribution in [-0.4, -0.2) is 36.0 Å². The maximum absolute atomic E-state index is 12.8. The van der Waals surface area contributed by atoms with Crippen LogP contribution in [0.15, 0.2) is 29.2 Å². The molecular weight excluding hydrogens is 430 g/mol. The minimum Gasteiger partial charge on any atom is -0.454 e. The fourth-order valence-corrected chi connectivity index (χ4v) is 3.61. The Bertz CT molecular complexity index is 956. The van der Waals surface area contributed by atoms with Crippen LogP contribution in [0.4, 0.5) is 26.3 Å². The maximum Gasteiger partial charge on any atom is 0.422 e. The molecule has 0 aliphatic carbocycles. The number of halogens is 6. The molecule has 162 valence electrons. The van der Waals surface area contributed by atoms with Crippen molar-refractivity contribution < 1.29 is 39.5 Å². The van der Waals surface area contributed by atoms with Gasteiger partial charge in [-0.1, -0.05) is 11.2 Å². The fraction of sp³-hybridized carbons (Fsp3) is 0.467. The van der Waals surface area contributed by atoms with E-state index >= 15 is 0 Å². The van der Waals surface area contributed by atoms with Crippen molar-refractivity contribution in [3.05, 3.63) is 35.7 Å². The van der Waals surface area contributed by atoms with E-state index in [9.17, 15) is 34.8 Å². The molecule has 0 fully saturated rings. The second-order valence-electron chi connectivity index (χ2n) is 5.86. The molecule has 0 spiro atoms. The van der Waals surface area contributed by atoms with Crippen LogP contribution in [0.5, 0.6) is 6.01 Å². The van der Waals surface area contributed by atoms with Gasteiger partial charge in [0.05, 0.1) is 16.5 Å². The summed E-state index contributed by atoms with van der Waals surface area (Å²) in [4.78, 5) is -0.629.